The third-order valence-corrected chi connectivity index (χ3v) is 2.49. The fraction of sp³-hybridized carbons (Fsp3) is 0.400. The van der Waals surface area contributed by atoms with Crippen LogP contribution in [0.25, 0.3) is 0 Å². The first-order valence-electron chi connectivity index (χ1n) is 4.28. The SMILES string of the molecule is COC(OC)C(O)c1cc(Br)ccc1F. The standard InChI is InChI=1S/C10H12BrFO3/c1-14-10(15-2)9(13)7-5-6(11)3-4-8(7)12/h3-5,9-10,13H,1-2H3. The normalized spacial score (nSPS) is 13.2. The Morgan fingerprint density at radius 1 is 1.33 bits per heavy atom. The van der Waals surface area contributed by atoms with Gasteiger partial charge in [0.05, 0.1) is 0 Å². The fourth-order valence-electron chi connectivity index (χ4n) is 1.24. The molecule has 0 saturated carbocycles. The van der Waals surface area contributed by atoms with Gasteiger partial charge < -0.3 is 14.6 Å². The summed E-state index contributed by atoms with van der Waals surface area (Å²) in [6.07, 6.45) is -2.04. The van der Waals surface area contributed by atoms with Gasteiger partial charge in [0.15, 0.2) is 6.29 Å². The van der Waals surface area contributed by atoms with Crippen molar-refractivity contribution in [2.24, 2.45) is 0 Å². The number of ether oxygens (including phenoxy) is 2. The smallest absolute Gasteiger partial charge is 0.187 e. The number of benzene rings is 1. The van der Waals surface area contributed by atoms with Crippen molar-refractivity contribution < 1.29 is 19.0 Å². The first-order chi connectivity index (χ1) is 7.10. The van der Waals surface area contributed by atoms with Crippen LogP contribution >= 0.6 is 15.9 Å². The van der Waals surface area contributed by atoms with Crippen molar-refractivity contribution in [2.75, 3.05) is 14.2 Å². The van der Waals surface area contributed by atoms with Gasteiger partial charge in [-0.25, -0.2) is 4.39 Å². The molecule has 1 unspecified atom stereocenters. The number of hydrogen-bond donors (Lipinski definition) is 1. The minimum absolute atomic E-state index is 0.137. The van der Waals surface area contributed by atoms with Crippen LogP contribution in [-0.2, 0) is 9.47 Å². The molecule has 0 aromatic heterocycles. The van der Waals surface area contributed by atoms with Gasteiger partial charge in [0.2, 0.25) is 0 Å². The molecule has 5 heteroatoms. The molecule has 0 aliphatic rings. The molecule has 0 radical (unpaired) electrons. The van der Waals surface area contributed by atoms with Gasteiger partial charge >= 0.3 is 0 Å². The lowest BCUT2D eigenvalue weighted by molar-refractivity contribution is -0.166. The third kappa shape index (κ3) is 2.98. The highest BCUT2D eigenvalue weighted by Gasteiger charge is 2.23. The predicted molar refractivity (Wildman–Crippen MR) is 56.9 cm³/mol. The summed E-state index contributed by atoms with van der Waals surface area (Å²) in [5.74, 6) is -0.496. The van der Waals surface area contributed by atoms with E-state index in [1.807, 2.05) is 0 Å². The zero-order chi connectivity index (χ0) is 11.4. The van der Waals surface area contributed by atoms with Gasteiger partial charge in [-0.3, -0.25) is 0 Å². The lowest BCUT2D eigenvalue weighted by atomic mass is 10.1. The van der Waals surface area contributed by atoms with E-state index < -0.39 is 18.2 Å². The first-order valence-corrected chi connectivity index (χ1v) is 5.08. The number of halogens is 2. The first kappa shape index (κ1) is 12.6. The topological polar surface area (TPSA) is 38.7 Å². The van der Waals surface area contributed by atoms with Crippen molar-refractivity contribution in [1.82, 2.24) is 0 Å². The molecule has 1 N–H and O–H groups in total. The zero-order valence-corrected chi connectivity index (χ0v) is 9.99. The van der Waals surface area contributed by atoms with Crippen LogP contribution in [0, 0.1) is 5.82 Å². The molecule has 0 bridgehead atoms. The Morgan fingerprint density at radius 3 is 2.47 bits per heavy atom. The van der Waals surface area contributed by atoms with Crippen LogP contribution in [0.5, 0.6) is 0 Å². The van der Waals surface area contributed by atoms with Gasteiger partial charge in [0, 0.05) is 24.3 Å². The quantitative estimate of drug-likeness (QED) is 0.859. The average Bonchev–Trinajstić information content (AvgIpc) is 2.23. The molecule has 3 nitrogen and oxygen atoms in total. The highest BCUT2D eigenvalue weighted by atomic mass is 79.9. The Morgan fingerprint density at radius 2 is 1.93 bits per heavy atom. The van der Waals surface area contributed by atoms with Crippen LogP contribution in [0.3, 0.4) is 0 Å². The van der Waals surface area contributed by atoms with Gasteiger partial charge in [-0.15, -0.1) is 0 Å². The molecule has 1 rings (SSSR count). The van der Waals surface area contributed by atoms with E-state index in [-0.39, 0.29) is 5.56 Å². The van der Waals surface area contributed by atoms with E-state index in [0.29, 0.717) is 4.47 Å². The van der Waals surface area contributed by atoms with E-state index in [1.165, 1.54) is 26.4 Å². The average molecular weight is 279 g/mol. The summed E-state index contributed by atoms with van der Waals surface area (Å²) in [7, 11) is 2.76. The Balaban J connectivity index is 2.98. The minimum atomic E-state index is -1.16. The number of hydrogen-bond acceptors (Lipinski definition) is 3. The largest absolute Gasteiger partial charge is 0.383 e. The van der Waals surface area contributed by atoms with Crippen LogP contribution in [-0.4, -0.2) is 25.6 Å². The molecule has 0 aliphatic carbocycles. The van der Waals surface area contributed by atoms with E-state index in [2.05, 4.69) is 15.9 Å². The maximum absolute atomic E-state index is 13.4. The second-order valence-corrected chi connectivity index (χ2v) is 3.87. The Bertz CT molecular complexity index is 328. The van der Waals surface area contributed by atoms with E-state index >= 15 is 0 Å². The summed E-state index contributed by atoms with van der Waals surface area (Å²) in [6.45, 7) is 0. The molecule has 0 spiro atoms. The molecule has 1 aromatic rings. The minimum Gasteiger partial charge on any atom is -0.383 e. The predicted octanol–water partition coefficient (Wildman–Crippen LogP) is 2.24. The molecule has 0 amide bonds. The molecular formula is C10H12BrFO3. The maximum atomic E-state index is 13.4. The molecule has 0 heterocycles. The summed E-state index contributed by atoms with van der Waals surface area (Å²) in [4.78, 5) is 0. The Hall–Kier alpha value is -0.490. The Kier molecular flexibility index (Phi) is 4.66. The van der Waals surface area contributed by atoms with Crippen molar-refractivity contribution in [2.45, 2.75) is 12.4 Å². The van der Waals surface area contributed by atoms with Crippen molar-refractivity contribution in [3.63, 3.8) is 0 Å². The lowest BCUT2D eigenvalue weighted by Gasteiger charge is -2.20. The van der Waals surface area contributed by atoms with Crippen LogP contribution in [0.1, 0.15) is 11.7 Å². The number of aliphatic hydroxyl groups excluding tert-OH is 1. The van der Waals surface area contributed by atoms with Gasteiger partial charge in [-0.1, -0.05) is 15.9 Å². The van der Waals surface area contributed by atoms with Crippen molar-refractivity contribution in [1.29, 1.82) is 0 Å². The molecule has 0 aliphatic heterocycles. The summed E-state index contributed by atoms with van der Waals surface area (Å²) < 4.78 is 23.8. The number of aliphatic hydroxyl groups is 1. The molecule has 1 aromatic carbocycles. The molecular weight excluding hydrogens is 267 g/mol. The molecule has 15 heavy (non-hydrogen) atoms. The van der Waals surface area contributed by atoms with Gasteiger partial charge in [-0.05, 0) is 18.2 Å². The van der Waals surface area contributed by atoms with Crippen molar-refractivity contribution in [3.05, 3.63) is 34.1 Å². The van der Waals surface area contributed by atoms with E-state index in [0.717, 1.165) is 0 Å². The van der Waals surface area contributed by atoms with Crippen LogP contribution in [0.15, 0.2) is 22.7 Å². The molecule has 84 valence electrons. The lowest BCUT2D eigenvalue weighted by Crippen LogP contribution is -2.23. The second kappa shape index (κ2) is 5.55. The number of rotatable bonds is 4. The third-order valence-electron chi connectivity index (χ3n) is 2.00. The van der Waals surface area contributed by atoms with Crippen molar-refractivity contribution in [3.8, 4) is 0 Å². The van der Waals surface area contributed by atoms with E-state index in [4.69, 9.17) is 9.47 Å². The molecule has 1 atom stereocenters. The highest BCUT2D eigenvalue weighted by molar-refractivity contribution is 9.10. The summed E-state index contributed by atoms with van der Waals surface area (Å²) >= 11 is 3.20. The van der Waals surface area contributed by atoms with E-state index in [1.54, 1.807) is 6.07 Å². The highest BCUT2D eigenvalue weighted by Crippen LogP contribution is 2.25. The second-order valence-electron chi connectivity index (χ2n) is 2.95. The van der Waals surface area contributed by atoms with Crippen LogP contribution in [0.2, 0.25) is 0 Å². The van der Waals surface area contributed by atoms with Crippen LogP contribution in [0.4, 0.5) is 4.39 Å². The van der Waals surface area contributed by atoms with Crippen molar-refractivity contribution >= 4 is 15.9 Å². The summed E-state index contributed by atoms with van der Waals surface area (Å²) in [5, 5.41) is 9.77. The van der Waals surface area contributed by atoms with E-state index in [9.17, 15) is 9.50 Å². The molecule has 0 saturated heterocycles. The van der Waals surface area contributed by atoms with Crippen LogP contribution < -0.4 is 0 Å². The maximum Gasteiger partial charge on any atom is 0.187 e. The van der Waals surface area contributed by atoms with Gasteiger partial charge in [-0.2, -0.15) is 0 Å². The fourth-order valence-corrected chi connectivity index (χ4v) is 1.62. The summed E-state index contributed by atoms with van der Waals surface area (Å²) in [5.41, 5.74) is 0.137. The summed E-state index contributed by atoms with van der Waals surface area (Å²) in [6, 6.07) is 4.32. The molecule has 0 fully saturated rings. The van der Waals surface area contributed by atoms with Gasteiger partial charge in [0.25, 0.3) is 0 Å². The number of methoxy groups -OCH3 is 2. The zero-order valence-electron chi connectivity index (χ0n) is 8.41. The monoisotopic (exact) mass is 278 g/mol. The van der Waals surface area contributed by atoms with Gasteiger partial charge in [0.1, 0.15) is 11.9 Å². The Labute approximate surface area is 95.9 Å².